The number of carbonyl (C=O) groups is 1. The van der Waals surface area contributed by atoms with Crippen LogP contribution in [0.2, 0.25) is 0 Å². The maximum absolute atomic E-state index is 13.3. The van der Waals surface area contributed by atoms with E-state index < -0.39 is 5.41 Å². The van der Waals surface area contributed by atoms with E-state index in [1.54, 1.807) is 19.2 Å². The summed E-state index contributed by atoms with van der Waals surface area (Å²) < 4.78 is 19.1. The van der Waals surface area contributed by atoms with Crippen LogP contribution in [0.4, 0.5) is 4.39 Å². The fraction of sp³-hybridized carbons (Fsp3) is 0.579. The van der Waals surface area contributed by atoms with Gasteiger partial charge in [-0.1, -0.05) is 13.0 Å². The number of benzene rings is 1. The van der Waals surface area contributed by atoms with Crippen LogP contribution in [0.25, 0.3) is 0 Å². The molecule has 0 aliphatic carbocycles. The van der Waals surface area contributed by atoms with Crippen molar-refractivity contribution in [2.75, 3.05) is 26.7 Å². The number of hydrogen-bond acceptors (Lipinski definition) is 3. The molecule has 1 aromatic carbocycles. The second kappa shape index (κ2) is 12.7. The molecule has 1 aromatic rings. The van der Waals surface area contributed by atoms with Gasteiger partial charge in [0.25, 0.3) is 0 Å². The lowest BCUT2D eigenvalue weighted by Gasteiger charge is -2.22. The van der Waals surface area contributed by atoms with E-state index >= 15 is 0 Å². The minimum absolute atomic E-state index is 0. The van der Waals surface area contributed by atoms with E-state index in [1.165, 1.54) is 12.1 Å². The van der Waals surface area contributed by atoms with Gasteiger partial charge in [-0.3, -0.25) is 9.79 Å². The Hall–Kier alpha value is -1.58. The zero-order valence-electron chi connectivity index (χ0n) is 16.8. The molecule has 0 saturated heterocycles. The first-order valence-corrected chi connectivity index (χ1v) is 8.99. The van der Waals surface area contributed by atoms with Crippen molar-refractivity contribution >= 4 is 35.8 Å². The molecule has 0 spiro atoms. The van der Waals surface area contributed by atoms with Crippen LogP contribution in [0.5, 0.6) is 5.75 Å². The van der Waals surface area contributed by atoms with Gasteiger partial charge in [0, 0.05) is 19.7 Å². The average Bonchev–Trinajstić information content (AvgIpc) is 2.62. The molecule has 0 aromatic heterocycles. The Morgan fingerprint density at radius 2 is 2.00 bits per heavy atom. The van der Waals surface area contributed by atoms with Gasteiger partial charge in [-0.15, -0.1) is 24.0 Å². The fourth-order valence-corrected chi connectivity index (χ4v) is 2.24. The molecule has 1 unspecified atom stereocenters. The van der Waals surface area contributed by atoms with Crippen molar-refractivity contribution in [1.82, 2.24) is 16.0 Å². The van der Waals surface area contributed by atoms with Crippen LogP contribution >= 0.6 is 24.0 Å². The number of ether oxygens (including phenoxy) is 1. The molecule has 154 valence electrons. The highest BCUT2D eigenvalue weighted by atomic mass is 127. The predicted octanol–water partition coefficient (Wildman–Crippen LogP) is 2.93. The molecule has 0 aliphatic heterocycles. The molecule has 3 N–H and O–H groups in total. The van der Waals surface area contributed by atoms with Crippen LogP contribution in [0.15, 0.2) is 29.3 Å². The van der Waals surface area contributed by atoms with Crippen molar-refractivity contribution < 1.29 is 13.9 Å². The lowest BCUT2D eigenvalue weighted by Crippen LogP contribution is -2.44. The van der Waals surface area contributed by atoms with Gasteiger partial charge in [0.05, 0.1) is 18.5 Å². The summed E-state index contributed by atoms with van der Waals surface area (Å²) in [5.41, 5.74) is -0.598. The molecule has 0 heterocycles. The van der Waals surface area contributed by atoms with Gasteiger partial charge in [0.15, 0.2) is 5.96 Å². The van der Waals surface area contributed by atoms with Gasteiger partial charge in [0.1, 0.15) is 17.7 Å². The van der Waals surface area contributed by atoms with Gasteiger partial charge in [0.2, 0.25) is 5.91 Å². The second-order valence-corrected chi connectivity index (χ2v) is 6.64. The summed E-state index contributed by atoms with van der Waals surface area (Å²) in [6.07, 6.45) is 0.625. The topological polar surface area (TPSA) is 74.8 Å². The summed E-state index contributed by atoms with van der Waals surface area (Å²) in [4.78, 5) is 16.4. The van der Waals surface area contributed by atoms with E-state index in [1.807, 2.05) is 27.7 Å². The van der Waals surface area contributed by atoms with E-state index in [9.17, 15) is 9.18 Å². The van der Waals surface area contributed by atoms with E-state index in [0.717, 1.165) is 6.42 Å². The predicted molar refractivity (Wildman–Crippen MR) is 118 cm³/mol. The summed E-state index contributed by atoms with van der Waals surface area (Å²) in [7, 11) is 1.62. The third-order valence-electron chi connectivity index (χ3n) is 3.87. The van der Waals surface area contributed by atoms with Crippen molar-refractivity contribution in [1.29, 1.82) is 0 Å². The Kier molecular flexibility index (Phi) is 12.0. The number of guanidine groups is 1. The Labute approximate surface area is 178 Å². The molecule has 0 fully saturated rings. The third kappa shape index (κ3) is 9.25. The average molecular weight is 494 g/mol. The molecular weight excluding hydrogens is 462 g/mol. The van der Waals surface area contributed by atoms with Crippen molar-refractivity contribution in [3.8, 4) is 5.75 Å². The Morgan fingerprint density at radius 3 is 2.56 bits per heavy atom. The SMILES string of the molecule is CCNC(=NCC(C)(C)C(=O)NC)NCC(CC)Oc1cccc(F)c1.I. The zero-order valence-corrected chi connectivity index (χ0v) is 19.1. The first-order valence-electron chi connectivity index (χ1n) is 8.99. The van der Waals surface area contributed by atoms with Crippen LogP contribution in [0.3, 0.4) is 0 Å². The Morgan fingerprint density at radius 1 is 1.30 bits per heavy atom. The molecule has 6 nitrogen and oxygen atoms in total. The van der Waals surface area contributed by atoms with Crippen molar-refractivity contribution in [3.05, 3.63) is 30.1 Å². The summed E-state index contributed by atoms with van der Waals surface area (Å²) in [6.45, 7) is 9.24. The largest absolute Gasteiger partial charge is 0.489 e. The molecule has 8 heteroatoms. The number of halogens is 2. The number of amides is 1. The summed E-state index contributed by atoms with van der Waals surface area (Å²) >= 11 is 0. The van der Waals surface area contributed by atoms with Gasteiger partial charge in [-0.25, -0.2) is 4.39 Å². The van der Waals surface area contributed by atoms with Gasteiger partial charge < -0.3 is 20.7 Å². The lowest BCUT2D eigenvalue weighted by molar-refractivity contribution is -0.128. The minimum atomic E-state index is -0.598. The van der Waals surface area contributed by atoms with Crippen molar-refractivity contribution in [3.63, 3.8) is 0 Å². The van der Waals surface area contributed by atoms with E-state index in [-0.39, 0.29) is 41.8 Å². The Balaban J connectivity index is 0.00000676. The van der Waals surface area contributed by atoms with Crippen LogP contribution in [-0.4, -0.2) is 44.7 Å². The monoisotopic (exact) mass is 494 g/mol. The maximum Gasteiger partial charge on any atom is 0.227 e. The standard InChI is InChI=1S/C19H31FN4O2.HI/c1-6-15(26-16-10-8-9-14(20)11-16)12-23-18(22-7-2)24-13-19(3,4)17(25)21-5;/h8-11,15H,6-7,12-13H2,1-5H3,(H,21,25)(H2,22,23,24);1H. The second-order valence-electron chi connectivity index (χ2n) is 6.64. The summed E-state index contributed by atoms with van der Waals surface area (Å²) in [5, 5.41) is 9.03. The number of rotatable bonds is 9. The van der Waals surface area contributed by atoms with Crippen molar-refractivity contribution in [2.45, 2.75) is 40.2 Å². The molecule has 1 amide bonds. The summed E-state index contributed by atoms with van der Waals surface area (Å²) in [6, 6.07) is 6.11. The van der Waals surface area contributed by atoms with Crippen LogP contribution in [0, 0.1) is 11.2 Å². The van der Waals surface area contributed by atoms with E-state index in [0.29, 0.717) is 31.3 Å². The highest BCUT2D eigenvalue weighted by molar-refractivity contribution is 14.0. The molecule has 1 rings (SSSR count). The highest BCUT2D eigenvalue weighted by Gasteiger charge is 2.26. The van der Waals surface area contributed by atoms with Crippen LogP contribution < -0.4 is 20.7 Å². The molecule has 1 atom stereocenters. The number of nitrogens with one attached hydrogen (secondary N) is 3. The Bertz CT molecular complexity index is 611. The summed E-state index contributed by atoms with van der Waals surface area (Å²) in [5.74, 6) is 0.738. The van der Waals surface area contributed by atoms with Gasteiger partial charge in [-0.2, -0.15) is 0 Å². The highest BCUT2D eigenvalue weighted by Crippen LogP contribution is 2.16. The van der Waals surface area contributed by atoms with E-state index in [2.05, 4.69) is 20.9 Å². The van der Waals surface area contributed by atoms with Crippen molar-refractivity contribution in [2.24, 2.45) is 10.4 Å². The number of hydrogen-bond donors (Lipinski definition) is 3. The maximum atomic E-state index is 13.3. The van der Waals surface area contributed by atoms with Gasteiger partial charge >= 0.3 is 0 Å². The minimum Gasteiger partial charge on any atom is -0.489 e. The quantitative estimate of drug-likeness (QED) is 0.281. The molecule has 27 heavy (non-hydrogen) atoms. The van der Waals surface area contributed by atoms with E-state index in [4.69, 9.17) is 4.74 Å². The normalized spacial score (nSPS) is 12.6. The number of nitrogens with zero attached hydrogens (tertiary/aromatic N) is 1. The first kappa shape index (κ1) is 25.4. The smallest absolute Gasteiger partial charge is 0.227 e. The van der Waals surface area contributed by atoms with Crippen LogP contribution in [-0.2, 0) is 4.79 Å². The lowest BCUT2D eigenvalue weighted by atomic mass is 9.93. The molecule has 0 bridgehead atoms. The third-order valence-corrected chi connectivity index (χ3v) is 3.87. The van der Waals surface area contributed by atoms with Crippen LogP contribution in [0.1, 0.15) is 34.1 Å². The molecular formula is C19H32FIN4O2. The van der Waals surface area contributed by atoms with Gasteiger partial charge in [-0.05, 0) is 39.3 Å². The molecule has 0 radical (unpaired) electrons. The number of carbonyl (C=O) groups excluding carboxylic acids is 1. The molecule has 0 saturated carbocycles. The fourth-order valence-electron chi connectivity index (χ4n) is 2.24. The molecule has 0 aliphatic rings. The number of aliphatic imine (C=N–C) groups is 1. The zero-order chi connectivity index (χ0) is 19.6. The first-order chi connectivity index (χ1) is 12.3.